The number of nitrogens with zero attached hydrogens (tertiary/aromatic N) is 1. The Kier molecular flexibility index (Phi) is 4.78. The van der Waals surface area contributed by atoms with Crippen molar-refractivity contribution < 1.29 is 8.95 Å². The first-order valence-electron chi connectivity index (χ1n) is 5.03. The van der Waals surface area contributed by atoms with E-state index in [4.69, 9.17) is 4.74 Å². The first-order valence-corrected chi connectivity index (χ1v) is 6.14. The van der Waals surface area contributed by atoms with E-state index in [2.05, 4.69) is 0 Å². The second-order valence-electron chi connectivity index (χ2n) is 3.04. The van der Waals surface area contributed by atoms with Gasteiger partial charge in [0.15, 0.2) is 0 Å². The van der Waals surface area contributed by atoms with Crippen molar-refractivity contribution in [3.63, 3.8) is 0 Å². The highest BCUT2D eigenvalue weighted by Crippen LogP contribution is 2.15. The maximum atomic E-state index is 12.0. The fraction of sp³-hybridized carbons (Fsp3) is 0.455. The Labute approximate surface area is 93.6 Å². The van der Waals surface area contributed by atoms with E-state index in [1.807, 2.05) is 42.4 Å². The van der Waals surface area contributed by atoms with Crippen molar-refractivity contribution in [3.05, 3.63) is 24.3 Å². The summed E-state index contributed by atoms with van der Waals surface area (Å²) in [6, 6.07) is 7.34. The Morgan fingerprint density at radius 3 is 2.13 bits per heavy atom. The molecule has 1 rings (SSSR count). The van der Waals surface area contributed by atoms with Crippen molar-refractivity contribution in [3.8, 4) is 5.75 Å². The summed E-state index contributed by atoms with van der Waals surface area (Å²) < 4.78 is 19.0. The molecule has 0 amide bonds. The van der Waals surface area contributed by atoms with Crippen molar-refractivity contribution >= 4 is 11.0 Å². The summed E-state index contributed by atoms with van der Waals surface area (Å²) in [4.78, 5) is 0.819. The Hall–Kier alpha value is -0.870. The van der Waals surface area contributed by atoms with Crippen LogP contribution in [0.25, 0.3) is 0 Å². The molecule has 0 bridgehead atoms. The molecule has 0 saturated heterocycles. The van der Waals surface area contributed by atoms with E-state index in [-0.39, 0.29) is 0 Å². The zero-order valence-electron chi connectivity index (χ0n) is 9.40. The van der Waals surface area contributed by atoms with Crippen LogP contribution in [0, 0.1) is 0 Å². The molecule has 0 radical (unpaired) electrons. The Bertz CT molecular complexity index is 320. The highest BCUT2D eigenvalue weighted by molar-refractivity contribution is 7.82. The van der Waals surface area contributed by atoms with Crippen molar-refractivity contribution in [2.24, 2.45) is 0 Å². The second kappa shape index (κ2) is 5.88. The molecule has 1 aromatic carbocycles. The van der Waals surface area contributed by atoms with Gasteiger partial charge in [0.1, 0.15) is 16.7 Å². The lowest BCUT2D eigenvalue weighted by Gasteiger charge is -2.16. The molecule has 1 unspecified atom stereocenters. The largest absolute Gasteiger partial charge is 0.497 e. The van der Waals surface area contributed by atoms with Gasteiger partial charge in [0.25, 0.3) is 0 Å². The molecule has 0 heterocycles. The lowest BCUT2D eigenvalue weighted by atomic mass is 10.3. The third-order valence-electron chi connectivity index (χ3n) is 2.20. The van der Waals surface area contributed by atoms with Crippen LogP contribution in [0.5, 0.6) is 5.75 Å². The molecular formula is C11H17NO2S. The minimum absolute atomic E-state index is 0.787. The summed E-state index contributed by atoms with van der Waals surface area (Å²) in [7, 11) is 0.568. The second-order valence-corrected chi connectivity index (χ2v) is 4.53. The SMILES string of the molecule is CCN(CC)S(=O)c1ccc(OC)cc1. The van der Waals surface area contributed by atoms with Crippen LogP contribution in [-0.2, 0) is 11.0 Å². The molecule has 15 heavy (non-hydrogen) atoms. The summed E-state index contributed by atoms with van der Waals surface area (Å²) in [6.07, 6.45) is 0. The van der Waals surface area contributed by atoms with Gasteiger partial charge in [0.05, 0.1) is 12.0 Å². The van der Waals surface area contributed by atoms with Crippen LogP contribution in [0.15, 0.2) is 29.2 Å². The maximum Gasteiger partial charge on any atom is 0.127 e. The molecule has 3 nitrogen and oxygen atoms in total. The molecule has 0 aliphatic heterocycles. The van der Waals surface area contributed by atoms with E-state index < -0.39 is 11.0 Å². The first kappa shape index (κ1) is 12.2. The molecule has 84 valence electrons. The van der Waals surface area contributed by atoms with Gasteiger partial charge in [-0.2, -0.15) is 0 Å². The highest BCUT2D eigenvalue weighted by Gasteiger charge is 2.10. The van der Waals surface area contributed by atoms with Crippen molar-refractivity contribution in [1.82, 2.24) is 4.31 Å². The van der Waals surface area contributed by atoms with Crippen molar-refractivity contribution in [2.75, 3.05) is 20.2 Å². The highest BCUT2D eigenvalue weighted by atomic mass is 32.2. The Balaban J connectivity index is 2.82. The normalized spacial score (nSPS) is 12.8. The molecular weight excluding hydrogens is 210 g/mol. The van der Waals surface area contributed by atoms with Crippen molar-refractivity contribution in [2.45, 2.75) is 18.7 Å². The van der Waals surface area contributed by atoms with Gasteiger partial charge in [-0.25, -0.2) is 8.51 Å². The molecule has 0 aromatic heterocycles. The lowest BCUT2D eigenvalue weighted by Crippen LogP contribution is -2.25. The van der Waals surface area contributed by atoms with Crippen LogP contribution < -0.4 is 4.74 Å². The van der Waals surface area contributed by atoms with Crippen LogP contribution in [-0.4, -0.2) is 28.7 Å². The molecule has 1 atom stereocenters. The Morgan fingerprint density at radius 1 is 1.20 bits per heavy atom. The number of hydrogen-bond acceptors (Lipinski definition) is 2. The Morgan fingerprint density at radius 2 is 1.73 bits per heavy atom. The number of methoxy groups -OCH3 is 1. The summed E-state index contributed by atoms with van der Waals surface area (Å²) in [6.45, 7) is 5.58. The van der Waals surface area contributed by atoms with E-state index in [9.17, 15) is 4.21 Å². The van der Waals surface area contributed by atoms with E-state index in [0.717, 1.165) is 23.7 Å². The molecule has 4 heteroatoms. The summed E-state index contributed by atoms with van der Waals surface area (Å²) in [5.41, 5.74) is 0. The third-order valence-corrected chi connectivity index (χ3v) is 3.86. The zero-order valence-corrected chi connectivity index (χ0v) is 10.2. The van der Waals surface area contributed by atoms with E-state index in [1.165, 1.54) is 0 Å². The molecule has 0 aliphatic carbocycles. The van der Waals surface area contributed by atoms with Crippen LogP contribution in [0.3, 0.4) is 0 Å². The molecule has 1 aromatic rings. The zero-order chi connectivity index (χ0) is 11.3. The predicted molar refractivity (Wildman–Crippen MR) is 62.3 cm³/mol. The topological polar surface area (TPSA) is 29.5 Å². The van der Waals surface area contributed by atoms with Gasteiger partial charge in [-0.15, -0.1) is 0 Å². The van der Waals surface area contributed by atoms with Gasteiger partial charge in [-0.3, -0.25) is 0 Å². The van der Waals surface area contributed by atoms with Gasteiger partial charge in [-0.05, 0) is 24.3 Å². The van der Waals surface area contributed by atoms with E-state index in [1.54, 1.807) is 7.11 Å². The molecule has 0 spiro atoms. The van der Waals surface area contributed by atoms with Gasteiger partial charge in [-0.1, -0.05) is 13.8 Å². The number of rotatable bonds is 5. The summed E-state index contributed by atoms with van der Waals surface area (Å²) in [5, 5.41) is 0. The molecule has 0 fully saturated rings. The van der Waals surface area contributed by atoms with Crippen LogP contribution in [0.2, 0.25) is 0 Å². The number of ether oxygens (including phenoxy) is 1. The quantitative estimate of drug-likeness (QED) is 0.770. The monoisotopic (exact) mass is 227 g/mol. The summed E-state index contributed by atoms with van der Waals surface area (Å²) >= 11 is 0. The fourth-order valence-corrected chi connectivity index (χ4v) is 2.44. The average molecular weight is 227 g/mol. The van der Waals surface area contributed by atoms with E-state index >= 15 is 0 Å². The van der Waals surface area contributed by atoms with Crippen LogP contribution >= 0.6 is 0 Å². The molecule has 0 saturated carbocycles. The minimum atomic E-state index is -1.05. The van der Waals surface area contributed by atoms with Crippen molar-refractivity contribution in [1.29, 1.82) is 0 Å². The molecule has 0 aliphatic rings. The lowest BCUT2D eigenvalue weighted by molar-refractivity contribution is 0.414. The maximum absolute atomic E-state index is 12.0. The predicted octanol–water partition coefficient (Wildman–Crippen LogP) is 2.06. The first-order chi connectivity index (χ1) is 7.22. The average Bonchev–Trinajstić information content (AvgIpc) is 2.30. The van der Waals surface area contributed by atoms with Gasteiger partial charge < -0.3 is 4.74 Å². The molecule has 0 N–H and O–H groups in total. The summed E-state index contributed by atoms with van der Waals surface area (Å²) in [5.74, 6) is 0.787. The van der Waals surface area contributed by atoms with Gasteiger partial charge >= 0.3 is 0 Å². The minimum Gasteiger partial charge on any atom is -0.497 e. The van der Waals surface area contributed by atoms with Crippen LogP contribution in [0.1, 0.15) is 13.8 Å². The number of benzene rings is 1. The smallest absolute Gasteiger partial charge is 0.127 e. The number of hydrogen-bond donors (Lipinski definition) is 0. The van der Waals surface area contributed by atoms with E-state index in [0.29, 0.717) is 0 Å². The van der Waals surface area contributed by atoms with Gasteiger partial charge in [0.2, 0.25) is 0 Å². The van der Waals surface area contributed by atoms with Crippen LogP contribution in [0.4, 0.5) is 0 Å². The van der Waals surface area contributed by atoms with Gasteiger partial charge in [0, 0.05) is 13.1 Å². The fourth-order valence-electron chi connectivity index (χ4n) is 1.30. The third kappa shape index (κ3) is 3.04. The standard InChI is InChI=1S/C11H17NO2S/c1-4-12(5-2)15(13)11-8-6-10(14-3)7-9-11/h6-9H,4-5H2,1-3H3.